The van der Waals surface area contributed by atoms with Gasteiger partial charge in [-0.25, -0.2) is 9.59 Å². The molecule has 1 heterocycles. The highest BCUT2D eigenvalue weighted by atomic mass is 32.2. The van der Waals surface area contributed by atoms with Crippen LogP contribution < -0.4 is 5.32 Å². The minimum absolute atomic E-state index is 0.00920. The second kappa shape index (κ2) is 7.04. The number of carbonyl (C=O) groups excluding carboxylic acids is 2. The van der Waals surface area contributed by atoms with Crippen molar-refractivity contribution in [2.75, 3.05) is 25.8 Å². The van der Waals surface area contributed by atoms with Crippen molar-refractivity contribution in [3.63, 3.8) is 0 Å². The summed E-state index contributed by atoms with van der Waals surface area (Å²) in [6.45, 7) is 0. The number of ether oxygens (including phenoxy) is 2. The van der Waals surface area contributed by atoms with Crippen LogP contribution in [0, 0.1) is 0 Å². The normalized spacial score (nSPS) is 11.3. The highest BCUT2D eigenvalue weighted by Crippen LogP contribution is 2.28. The molecule has 0 unspecified atom stereocenters. The van der Waals surface area contributed by atoms with Gasteiger partial charge in [-0.3, -0.25) is 0 Å². The van der Waals surface area contributed by atoms with Crippen LogP contribution in [-0.2, 0) is 19.1 Å². The van der Waals surface area contributed by atoms with Crippen molar-refractivity contribution in [1.82, 2.24) is 4.98 Å². The molecular weight excluding hydrogens is 304 g/mol. The highest BCUT2D eigenvalue weighted by Gasteiger charge is 2.13. The molecule has 0 fully saturated rings. The summed E-state index contributed by atoms with van der Waals surface area (Å²) in [4.78, 5) is 27.3. The van der Waals surface area contributed by atoms with Crippen LogP contribution in [0.3, 0.4) is 0 Å². The zero-order valence-corrected chi connectivity index (χ0v) is 13.2. The molecule has 0 bridgehead atoms. The number of nitrogens with one attached hydrogen (secondary N) is 2. The lowest BCUT2D eigenvalue weighted by atomic mass is 10.2. The molecule has 0 aliphatic carbocycles. The van der Waals surface area contributed by atoms with E-state index in [4.69, 9.17) is 0 Å². The van der Waals surface area contributed by atoms with Crippen molar-refractivity contribution in [1.29, 1.82) is 0 Å². The Morgan fingerprint density at radius 1 is 1.27 bits per heavy atom. The van der Waals surface area contributed by atoms with Crippen LogP contribution in [0.1, 0.15) is 0 Å². The molecule has 0 atom stereocenters. The molecule has 22 heavy (non-hydrogen) atoms. The number of benzene rings is 1. The van der Waals surface area contributed by atoms with Crippen molar-refractivity contribution in [2.45, 2.75) is 4.90 Å². The maximum Gasteiger partial charge on any atom is 0.354 e. The number of hydrogen-bond donors (Lipinski definition) is 2. The van der Waals surface area contributed by atoms with Crippen molar-refractivity contribution < 1.29 is 19.1 Å². The number of anilines is 1. The molecule has 1 aromatic heterocycles. The summed E-state index contributed by atoms with van der Waals surface area (Å²) in [6.07, 6.45) is 4.97. The van der Waals surface area contributed by atoms with Crippen LogP contribution in [-0.4, -0.2) is 37.4 Å². The average molecular weight is 320 g/mol. The van der Waals surface area contributed by atoms with Gasteiger partial charge in [0.25, 0.3) is 0 Å². The van der Waals surface area contributed by atoms with E-state index < -0.39 is 11.9 Å². The first-order valence-corrected chi connectivity index (χ1v) is 7.61. The number of thioether (sulfide) groups is 1. The molecule has 0 aliphatic heterocycles. The van der Waals surface area contributed by atoms with Crippen molar-refractivity contribution in [2.24, 2.45) is 0 Å². The lowest BCUT2D eigenvalue weighted by Gasteiger charge is -2.09. The first-order chi connectivity index (χ1) is 10.6. The molecule has 0 saturated heterocycles. The first kappa shape index (κ1) is 16.0. The largest absolute Gasteiger partial charge is 0.466 e. The Balaban J connectivity index is 2.35. The maximum absolute atomic E-state index is 11.7. The predicted molar refractivity (Wildman–Crippen MR) is 85.8 cm³/mol. The number of hydrogen-bond acceptors (Lipinski definition) is 6. The second-order valence-electron chi connectivity index (χ2n) is 4.32. The van der Waals surface area contributed by atoms with Crippen molar-refractivity contribution in [3.05, 3.63) is 36.2 Å². The molecule has 2 N–H and O–H groups in total. The highest BCUT2D eigenvalue weighted by molar-refractivity contribution is 7.98. The minimum Gasteiger partial charge on any atom is -0.466 e. The third kappa shape index (κ3) is 3.43. The van der Waals surface area contributed by atoms with Crippen molar-refractivity contribution in [3.8, 4) is 0 Å². The zero-order chi connectivity index (χ0) is 16.1. The quantitative estimate of drug-likeness (QED) is 0.500. The zero-order valence-electron chi connectivity index (χ0n) is 12.4. The minimum atomic E-state index is -0.648. The number of rotatable bonds is 5. The van der Waals surface area contributed by atoms with E-state index >= 15 is 0 Å². The van der Waals surface area contributed by atoms with Gasteiger partial charge in [-0.05, 0) is 24.5 Å². The van der Waals surface area contributed by atoms with Crippen LogP contribution in [0.5, 0.6) is 0 Å². The summed E-state index contributed by atoms with van der Waals surface area (Å²) < 4.78 is 9.20. The van der Waals surface area contributed by atoms with Gasteiger partial charge in [-0.15, -0.1) is 11.8 Å². The van der Waals surface area contributed by atoms with E-state index in [9.17, 15) is 9.59 Å². The number of carbonyl (C=O) groups is 2. The molecule has 1 aromatic carbocycles. The topological polar surface area (TPSA) is 80.4 Å². The summed E-state index contributed by atoms with van der Waals surface area (Å²) in [5.41, 5.74) is 1.67. The van der Waals surface area contributed by atoms with Gasteiger partial charge in [-0.2, -0.15) is 0 Å². The van der Waals surface area contributed by atoms with Gasteiger partial charge in [0.2, 0.25) is 0 Å². The van der Waals surface area contributed by atoms with Gasteiger partial charge in [0.15, 0.2) is 0 Å². The Morgan fingerprint density at radius 2 is 2.05 bits per heavy atom. The van der Waals surface area contributed by atoms with Crippen LogP contribution in [0.2, 0.25) is 0 Å². The molecule has 0 spiro atoms. The number of aromatic amines is 1. The number of esters is 2. The first-order valence-electron chi connectivity index (χ1n) is 6.39. The molecule has 2 rings (SSSR count). The summed E-state index contributed by atoms with van der Waals surface area (Å²) >= 11 is 1.62. The Labute approximate surface area is 131 Å². The molecular formula is C15H16N2O4S. The Kier molecular flexibility index (Phi) is 5.11. The van der Waals surface area contributed by atoms with Gasteiger partial charge in [0, 0.05) is 27.7 Å². The molecule has 0 amide bonds. The van der Waals surface area contributed by atoms with Crippen LogP contribution in [0.15, 0.2) is 41.1 Å². The number of methoxy groups -OCH3 is 2. The predicted octanol–water partition coefficient (Wildman–Crippen LogP) is 2.53. The molecule has 0 radical (unpaired) electrons. The monoisotopic (exact) mass is 320 g/mol. The fraction of sp³-hybridized carbons (Fsp3) is 0.200. The average Bonchev–Trinajstić information content (AvgIpc) is 2.95. The van der Waals surface area contributed by atoms with E-state index in [-0.39, 0.29) is 5.70 Å². The third-order valence-corrected chi connectivity index (χ3v) is 3.79. The lowest BCUT2D eigenvalue weighted by molar-refractivity contribution is -0.138. The summed E-state index contributed by atoms with van der Waals surface area (Å²) in [5, 5.41) is 3.92. The maximum atomic E-state index is 11.7. The summed E-state index contributed by atoms with van der Waals surface area (Å²) in [6, 6.07) is 5.59. The SMILES string of the molecule is COC(=O)/C=C(/Nc1ccc2[nH]cc(SC)c2c1)C(=O)OC. The molecule has 6 nitrogen and oxygen atoms in total. The van der Waals surface area contributed by atoms with E-state index in [1.165, 1.54) is 14.2 Å². The Bertz CT molecular complexity index is 736. The number of fused-ring (bicyclic) bond motifs is 1. The fourth-order valence-corrected chi connectivity index (χ4v) is 2.50. The number of H-pyrrole nitrogens is 1. The van der Waals surface area contributed by atoms with Gasteiger partial charge < -0.3 is 19.8 Å². The smallest absolute Gasteiger partial charge is 0.354 e. The Morgan fingerprint density at radius 3 is 2.68 bits per heavy atom. The molecule has 0 saturated carbocycles. The van der Waals surface area contributed by atoms with Crippen molar-refractivity contribution >= 4 is 40.3 Å². The van der Waals surface area contributed by atoms with Gasteiger partial charge >= 0.3 is 11.9 Å². The van der Waals surface area contributed by atoms with E-state index in [0.717, 1.165) is 21.9 Å². The van der Waals surface area contributed by atoms with Gasteiger partial charge in [0.05, 0.1) is 20.3 Å². The molecule has 116 valence electrons. The van der Waals surface area contributed by atoms with E-state index in [1.807, 2.05) is 24.6 Å². The standard InChI is InChI=1S/C15H16N2O4S/c1-20-14(18)7-12(15(19)21-2)17-9-4-5-11-10(6-9)13(22-3)8-16-11/h4-8,16-17H,1-3H3/b12-7+. The summed E-state index contributed by atoms with van der Waals surface area (Å²) in [7, 11) is 2.49. The summed E-state index contributed by atoms with van der Waals surface area (Å²) in [5.74, 6) is -1.29. The van der Waals surface area contributed by atoms with E-state index in [2.05, 4.69) is 19.8 Å². The Hall–Kier alpha value is -2.41. The van der Waals surface area contributed by atoms with Crippen LogP contribution >= 0.6 is 11.8 Å². The second-order valence-corrected chi connectivity index (χ2v) is 5.16. The van der Waals surface area contributed by atoms with E-state index in [0.29, 0.717) is 5.69 Å². The third-order valence-electron chi connectivity index (χ3n) is 3.01. The van der Waals surface area contributed by atoms with E-state index in [1.54, 1.807) is 17.8 Å². The molecule has 0 aliphatic rings. The molecule has 7 heteroatoms. The lowest BCUT2D eigenvalue weighted by Crippen LogP contribution is -2.15. The van der Waals surface area contributed by atoms with Gasteiger partial charge in [0.1, 0.15) is 5.70 Å². The van der Waals surface area contributed by atoms with Crippen LogP contribution in [0.25, 0.3) is 10.9 Å². The van der Waals surface area contributed by atoms with Gasteiger partial charge in [-0.1, -0.05) is 0 Å². The fourth-order valence-electron chi connectivity index (χ4n) is 1.93. The molecule has 2 aromatic rings. The number of aromatic nitrogens is 1. The van der Waals surface area contributed by atoms with Crippen LogP contribution in [0.4, 0.5) is 5.69 Å².